The lowest BCUT2D eigenvalue weighted by atomic mass is 10.1. The van der Waals surface area contributed by atoms with Gasteiger partial charge in [0.05, 0.1) is 12.2 Å². The van der Waals surface area contributed by atoms with Gasteiger partial charge in [-0.2, -0.15) is 11.3 Å². The Bertz CT molecular complexity index is 526. The van der Waals surface area contributed by atoms with Crippen molar-refractivity contribution in [2.24, 2.45) is 0 Å². The SMILES string of the molecule is CC1CN(Cc2cnc(N)s2)CC(c2ccsc2)O1. The van der Waals surface area contributed by atoms with Gasteiger partial charge in [0.15, 0.2) is 5.13 Å². The van der Waals surface area contributed by atoms with Gasteiger partial charge in [0.2, 0.25) is 0 Å². The van der Waals surface area contributed by atoms with E-state index < -0.39 is 0 Å². The summed E-state index contributed by atoms with van der Waals surface area (Å²) in [5, 5.41) is 4.92. The average Bonchev–Trinajstić information content (AvgIpc) is 3.00. The second kappa shape index (κ2) is 5.58. The molecule has 0 radical (unpaired) electrons. The summed E-state index contributed by atoms with van der Waals surface area (Å²) >= 11 is 3.29. The molecule has 0 amide bonds. The van der Waals surface area contributed by atoms with Crippen molar-refractivity contribution < 1.29 is 4.74 Å². The van der Waals surface area contributed by atoms with Crippen LogP contribution in [0.1, 0.15) is 23.5 Å². The fourth-order valence-corrected chi connectivity index (χ4v) is 3.85. The van der Waals surface area contributed by atoms with E-state index in [4.69, 9.17) is 10.5 Å². The quantitative estimate of drug-likeness (QED) is 0.946. The van der Waals surface area contributed by atoms with Crippen molar-refractivity contribution in [2.75, 3.05) is 18.8 Å². The maximum absolute atomic E-state index is 6.03. The van der Waals surface area contributed by atoms with Crippen molar-refractivity contribution in [3.63, 3.8) is 0 Å². The van der Waals surface area contributed by atoms with Crippen LogP contribution in [0.15, 0.2) is 23.0 Å². The van der Waals surface area contributed by atoms with Gasteiger partial charge in [-0.15, -0.1) is 11.3 Å². The van der Waals surface area contributed by atoms with E-state index in [9.17, 15) is 0 Å². The number of aromatic nitrogens is 1. The van der Waals surface area contributed by atoms with E-state index >= 15 is 0 Å². The van der Waals surface area contributed by atoms with Crippen molar-refractivity contribution in [1.29, 1.82) is 0 Å². The molecule has 0 aliphatic carbocycles. The Balaban J connectivity index is 1.68. The van der Waals surface area contributed by atoms with E-state index in [1.807, 2.05) is 6.20 Å². The van der Waals surface area contributed by atoms with Crippen molar-refractivity contribution in [3.05, 3.63) is 33.5 Å². The molecule has 2 unspecified atom stereocenters. The molecule has 3 rings (SSSR count). The Morgan fingerprint density at radius 3 is 3.11 bits per heavy atom. The zero-order chi connectivity index (χ0) is 13.2. The van der Waals surface area contributed by atoms with E-state index in [2.05, 4.69) is 33.6 Å². The number of thiazole rings is 1. The molecule has 2 N–H and O–H groups in total. The smallest absolute Gasteiger partial charge is 0.180 e. The van der Waals surface area contributed by atoms with Gasteiger partial charge in [-0.25, -0.2) is 4.98 Å². The third-order valence-electron chi connectivity index (χ3n) is 3.20. The number of nitrogen functional groups attached to an aromatic ring is 1. The third-order valence-corrected chi connectivity index (χ3v) is 4.71. The van der Waals surface area contributed by atoms with Crippen molar-refractivity contribution in [3.8, 4) is 0 Å². The molecule has 19 heavy (non-hydrogen) atoms. The average molecular weight is 295 g/mol. The first-order valence-electron chi connectivity index (χ1n) is 6.31. The van der Waals surface area contributed by atoms with Crippen LogP contribution in [-0.4, -0.2) is 29.1 Å². The Hall–Kier alpha value is -0.950. The van der Waals surface area contributed by atoms with Gasteiger partial charge >= 0.3 is 0 Å². The van der Waals surface area contributed by atoms with Crippen molar-refractivity contribution in [1.82, 2.24) is 9.88 Å². The number of nitrogens with two attached hydrogens (primary N) is 1. The number of thiophene rings is 1. The maximum Gasteiger partial charge on any atom is 0.180 e. The van der Waals surface area contributed by atoms with Crippen LogP contribution in [0.3, 0.4) is 0 Å². The number of hydrogen-bond donors (Lipinski definition) is 1. The summed E-state index contributed by atoms with van der Waals surface area (Å²) in [5.74, 6) is 0. The van der Waals surface area contributed by atoms with Crippen LogP contribution < -0.4 is 5.73 Å². The Labute approximate surface area is 120 Å². The Morgan fingerprint density at radius 1 is 1.53 bits per heavy atom. The minimum absolute atomic E-state index is 0.181. The van der Waals surface area contributed by atoms with E-state index in [-0.39, 0.29) is 12.2 Å². The van der Waals surface area contributed by atoms with E-state index in [0.29, 0.717) is 5.13 Å². The minimum Gasteiger partial charge on any atom is -0.375 e. The second-order valence-electron chi connectivity index (χ2n) is 4.85. The molecule has 1 fully saturated rings. The molecule has 2 atom stereocenters. The normalized spacial score (nSPS) is 24.7. The van der Waals surface area contributed by atoms with Crippen LogP contribution >= 0.6 is 22.7 Å². The number of ether oxygens (including phenoxy) is 1. The molecular weight excluding hydrogens is 278 g/mol. The molecule has 1 aliphatic rings. The molecule has 2 aromatic heterocycles. The van der Waals surface area contributed by atoms with Crippen LogP contribution in [-0.2, 0) is 11.3 Å². The van der Waals surface area contributed by atoms with Crippen LogP contribution in [0.25, 0.3) is 0 Å². The van der Waals surface area contributed by atoms with Gasteiger partial charge in [-0.3, -0.25) is 4.90 Å². The van der Waals surface area contributed by atoms with Gasteiger partial charge in [-0.1, -0.05) is 0 Å². The van der Waals surface area contributed by atoms with Gasteiger partial charge in [-0.05, 0) is 29.3 Å². The van der Waals surface area contributed by atoms with Gasteiger partial charge < -0.3 is 10.5 Å². The molecule has 1 saturated heterocycles. The molecule has 102 valence electrons. The molecule has 0 spiro atoms. The first kappa shape index (κ1) is 13.1. The first-order chi connectivity index (χ1) is 9.20. The summed E-state index contributed by atoms with van der Waals surface area (Å²) in [4.78, 5) is 7.75. The highest BCUT2D eigenvalue weighted by Crippen LogP contribution is 2.28. The van der Waals surface area contributed by atoms with Crippen molar-refractivity contribution in [2.45, 2.75) is 25.7 Å². The highest BCUT2D eigenvalue weighted by atomic mass is 32.1. The van der Waals surface area contributed by atoms with E-state index in [0.717, 1.165) is 19.6 Å². The predicted octanol–water partition coefficient (Wildman–Crippen LogP) is 2.75. The fourth-order valence-electron chi connectivity index (χ4n) is 2.43. The van der Waals surface area contributed by atoms with Crippen LogP contribution in [0, 0.1) is 0 Å². The fraction of sp³-hybridized carbons (Fsp3) is 0.462. The molecule has 1 aliphatic heterocycles. The molecule has 3 heterocycles. The highest BCUT2D eigenvalue weighted by molar-refractivity contribution is 7.15. The third kappa shape index (κ3) is 3.14. The lowest BCUT2D eigenvalue weighted by molar-refractivity contribution is -0.0810. The molecule has 0 bridgehead atoms. The van der Waals surface area contributed by atoms with Crippen LogP contribution in [0.5, 0.6) is 0 Å². The number of morpholine rings is 1. The molecule has 2 aromatic rings. The molecule has 0 aromatic carbocycles. The topological polar surface area (TPSA) is 51.4 Å². The number of hydrogen-bond acceptors (Lipinski definition) is 6. The van der Waals surface area contributed by atoms with E-state index in [1.54, 1.807) is 22.7 Å². The first-order valence-corrected chi connectivity index (χ1v) is 8.06. The Kier molecular flexibility index (Phi) is 3.83. The zero-order valence-electron chi connectivity index (χ0n) is 10.8. The van der Waals surface area contributed by atoms with Gasteiger partial charge in [0.1, 0.15) is 0 Å². The minimum atomic E-state index is 0.181. The number of nitrogens with zero attached hydrogens (tertiary/aromatic N) is 2. The number of rotatable bonds is 3. The van der Waals surface area contributed by atoms with Gasteiger partial charge in [0.25, 0.3) is 0 Å². The molecule has 4 nitrogen and oxygen atoms in total. The van der Waals surface area contributed by atoms with Crippen molar-refractivity contribution >= 4 is 27.8 Å². The monoisotopic (exact) mass is 295 g/mol. The van der Waals surface area contributed by atoms with Crippen LogP contribution in [0.4, 0.5) is 5.13 Å². The summed E-state index contributed by atoms with van der Waals surface area (Å²) in [7, 11) is 0. The van der Waals surface area contributed by atoms with E-state index in [1.165, 1.54) is 10.4 Å². The molecular formula is C13H17N3OS2. The second-order valence-corrected chi connectivity index (χ2v) is 6.78. The zero-order valence-corrected chi connectivity index (χ0v) is 12.4. The predicted molar refractivity (Wildman–Crippen MR) is 79.4 cm³/mol. The highest BCUT2D eigenvalue weighted by Gasteiger charge is 2.26. The largest absolute Gasteiger partial charge is 0.375 e. The standard InChI is InChI=1S/C13H17N3OS2/c1-9-5-16(6-11-4-15-13(14)19-11)7-12(17-9)10-2-3-18-8-10/h2-4,8-9,12H,5-7H2,1H3,(H2,14,15). The summed E-state index contributed by atoms with van der Waals surface area (Å²) in [6, 6.07) is 2.15. The summed E-state index contributed by atoms with van der Waals surface area (Å²) < 4.78 is 6.03. The molecule has 0 saturated carbocycles. The Morgan fingerprint density at radius 2 is 2.42 bits per heavy atom. The lowest BCUT2D eigenvalue weighted by Gasteiger charge is -2.36. The summed E-state index contributed by atoms with van der Waals surface area (Å²) in [6.45, 7) is 4.92. The van der Waals surface area contributed by atoms with Gasteiger partial charge in [0, 0.05) is 30.7 Å². The maximum atomic E-state index is 6.03. The lowest BCUT2D eigenvalue weighted by Crippen LogP contribution is -2.42. The molecule has 6 heteroatoms. The summed E-state index contributed by atoms with van der Waals surface area (Å²) in [5.41, 5.74) is 6.96. The number of anilines is 1. The van der Waals surface area contributed by atoms with Crippen LogP contribution in [0.2, 0.25) is 0 Å². The summed E-state index contributed by atoms with van der Waals surface area (Å²) in [6.07, 6.45) is 2.31.